The standard InChI is InChI=1S/C16H25F3N2/c1-12(2)15(21(3)4)11-20-14(10-16(17,18)19)13-8-6-5-7-9-13/h5-9,12,14-15,20H,10-11H2,1-4H3. The van der Waals surface area contributed by atoms with Crippen molar-refractivity contribution in [2.45, 2.75) is 38.5 Å². The molecule has 0 amide bonds. The largest absolute Gasteiger partial charge is 0.390 e. The molecule has 0 fully saturated rings. The SMILES string of the molecule is CC(C)C(CNC(CC(F)(F)F)c1ccccc1)N(C)C. The smallest absolute Gasteiger partial charge is 0.308 e. The van der Waals surface area contributed by atoms with Gasteiger partial charge in [-0.3, -0.25) is 0 Å². The molecule has 0 aromatic heterocycles. The molecule has 0 aliphatic heterocycles. The highest BCUT2D eigenvalue weighted by atomic mass is 19.4. The molecule has 2 unspecified atom stereocenters. The maximum Gasteiger partial charge on any atom is 0.390 e. The van der Waals surface area contributed by atoms with Gasteiger partial charge in [0.05, 0.1) is 6.42 Å². The Labute approximate surface area is 125 Å². The molecule has 120 valence electrons. The summed E-state index contributed by atoms with van der Waals surface area (Å²) in [6.07, 6.45) is -5.03. The molecule has 0 bridgehead atoms. The van der Waals surface area contributed by atoms with Crippen molar-refractivity contribution in [3.63, 3.8) is 0 Å². The topological polar surface area (TPSA) is 15.3 Å². The van der Waals surface area contributed by atoms with Gasteiger partial charge in [0.1, 0.15) is 0 Å². The number of hydrogen-bond donors (Lipinski definition) is 1. The van der Waals surface area contributed by atoms with Crippen LogP contribution in [0.15, 0.2) is 30.3 Å². The van der Waals surface area contributed by atoms with Gasteiger partial charge in [-0.2, -0.15) is 13.2 Å². The third-order valence-electron chi connectivity index (χ3n) is 3.64. The van der Waals surface area contributed by atoms with E-state index in [4.69, 9.17) is 0 Å². The van der Waals surface area contributed by atoms with Crippen molar-refractivity contribution in [3.05, 3.63) is 35.9 Å². The summed E-state index contributed by atoms with van der Waals surface area (Å²) in [4.78, 5) is 2.05. The molecule has 0 saturated carbocycles. The van der Waals surface area contributed by atoms with Crippen molar-refractivity contribution in [1.29, 1.82) is 0 Å². The van der Waals surface area contributed by atoms with E-state index in [9.17, 15) is 13.2 Å². The van der Waals surface area contributed by atoms with Crippen molar-refractivity contribution >= 4 is 0 Å². The zero-order valence-corrected chi connectivity index (χ0v) is 13.1. The summed E-state index contributed by atoms with van der Waals surface area (Å²) < 4.78 is 38.3. The molecule has 0 spiro atoms. The van der Waals surface area contributed by atoms with Crippen LogP contribution >= 0.6 is 0 Å². The second kappa shape index (κ2) is 7.80. The Bertz CT molecular complexity index is 394. The zero-order valence-electron chi connectivity index (χ0n) is 13.1. The van der Waals surface area contributed by atoms with Crippen LogP contribution in [0.5, 0.6) is 0 Å². The zero-order chi connectivity index (χ0) is 16.0. The van der Waals surface area contributed by atoms with E-state index in [1.165, 1.54) is 0 Å². The summed E-state index contributed by atoms with van der Waals surface area (Å²) in [7, 11) is 3.90. The lowest BCUT2D eigenvalue weighted by Gasteiger charge is -2.31. The fourth-order valence-corrected chi connectivity index (χ4v) is 2.50. The molecule has 5 heteroatoms. The Kier molecular flexibility index (Phi) is 6.68. The fraction of sp³-hybridized carbons (Fsp3) is 0.625. The van der Waals surface area contributed by atoms with E-state index in [-0.39, 0.29) is 6.04 Å². The van der Waals surface area contributed by atoms with Gasteiger partial charge in [0.15, 0.2) is 0 Å². The molecule has 0 aliphatic rings. The second-order valence-electron chi connectivity index (χ2n) is 5.97. The fourth-order valence-electron chi connectivity index (χ4n) is 2.50. The molecule has 1 aromatic carbocycles. The van der Waals surface area contributed by atoms with Gasteiger partial charge in [-0.15, -0.1) is 0 Å². The van der Waals surface area contributed by atoms with Crippen LogP contribution in [0.2, 0.25) is 0 Å². The predicted molar refractivity (Wildman–Crippen MR) is 80.2 cm³/mol. The lowest BCUT2D eigenvalue weighted by molar-refractivity contribution is -0.140. The number of halogens is 3. The number of likely N-dealkylation sites (N-methyl/N-ethyl adjacent to an activating group) is 1. The van der Waals surface area contributed by atoms with Crippen LogP contribution in [0.3, 0.4) is 0 Å². The third-order valence-corrected chi connectivity index (χ3v) is 3.64. The first-order valence-corrected chi connectivity index (χ1v) is 7.22. The number of nitrogens with zero attached hydrogens (tertiary/aromatic N) is 1. The summed E-state index contributed by atoms with van der Waals surface area (Å²) >= 11 is 0. The highest BCUT2D eigenvalue weighted by Gasteiger charge is 2.33. The van der Waals surface area contributed by atoms with E-state index in [1.807, 2.05) is 25.1 Å². The van der Waals surface area contributed by atoms with Gasteiger partial charge in [0, 0.05) is 18.6 Å². The minimum absolute atomic E-state index is 0.199. The normalized spacial score (nSPS) is 15.5. The van der Waals surface area contributed by atoms with Crippen molar-refractivity contribution < 1.29 is 13.2 Å². The van der Waals surface area contributed by atoms with Gasteiger partial charge in [-0.25, -0.2) is 0 Å². The van der Waals surface area contributed by atoms with Crippen molar-refractivity contribution in [2.75, 3.05) is 20.6 Å². The molecule has 2 nitrogen and oxygen atoms in total. The van der Waals surface area contributed by atoms with Crippen LogP contribution in [0.1, 0.15) is 31.9 Å². The molecule has 21 heavy (non-hydrogen) atoms. The lowest BCUT2D eigenvalue weighted by atomic mass is 10.00. The summed E-state index contributed by atoms with van der Waals surface area (Å²) in [6, 6.07) is 8.33. The van der Waals surface area contributed by atoms with Crippen LogP contribution in [-0.2, 0) is 0 Å². The van der Waals surface area contributed by atoms with Crippen LogP contribution in [0, 0.1) is 5.92 Å². The third kappa shape index (κ3) is 6.48. The summed E-state index contributed by atoms with van der Waals surface area (Å²) in [6.45, 7) is 4.68. The minimum atomic E-state index is -4.18. The molecule has 0 saturated heterocycles. The number of benzene rings is 1. The summed E-state index contributed by atoms with van der Waals surface area (Å²) in [5.41, 5.74) is 0.677. The van der Waals surface area contributed by atoms with E-state index in [2.05, 4.69) is 19.2 Å². The molecule has 0 aliphatic carbocycles. The second-order valence-corrected chi connectivity index (χ2v) is 5.97. The highest BCUT2D eigenvalue weighted by Crippen LogP contribution is 2.29. The summed E-state index contributed by atoms with van der Waals surface area (Å²) in [5, 5.41) is 3.09. The van der Waals surface area contributed by atoms with Crippen LogP contribution in [-0.4, -0.2) is 37.8 Å². The van der Waals surface area contributed by atoms with Crippen molar-refractivity contribution in [2.24, 2.45) is 5.92 Å². The molecular weight excluding hydrogens is 277 g/mol. The maximum atomic E-state index is 12.8. The highest BCUT2D eigenvalue weighted by molar-refractivity contribution is 5.19. The van der Waals surface area contributed by atoms with E-state index < -0.39 is 18.6 Å². The van der Waals surface area contributed by atoms with E-state index in [0.717, 1.165) is 0 Å². The monoisotopic (exact) mass is 302 g/mol. The average Bonchev–Trinajstić information content (AvgIpc) is 2.36. The molecule has 1 rings (SSSR count). The van der Waals surface area contributed by atoms with Crippen molar-refractivity contribution in [3.8, 4) is 0 Å². The maximum absolute atomic E-state index is 12.8. The van der Waals surface area contributed by atoms with Crippen molar-refractivity contribution in [1.82, 2.24) is 10.2 Å². The average molecular weight is 302 g/mol. The van der Waals surface area contributed by atoms with Crippen LogP contribution in [0.25, 0.3) is 0 Å². The van der Waals surface area contributed by atoms with Crippen LogP contribution < -0.4 is 5.32 Å². The predicted octanol–water partition coefficient (Wildman–Crippen LogP) is 3.86. The Morgan fingerprint density at radius 1 is 1.10 bits per heavy atom. The summed E-state index contributed by atoms with van der Waals surface area (Å²) in [5.74, 6) is 0.370. The first-order valence-electron chi connectivity index (χ1n) is 7.22. The van der Waals surface area contributed by atoms with E-state index in [0.29, 0.717) is 18.0 Å². The first kappa shape index (κ1) is 18.0. The lowest BCUT2D eigenvalue weighted by Crippen LogP contribution is -2.43. The van der Waals surface area contributed by atoms with Gasteiger partial charge < -0.3 is 10.2 Å². The van der Waals surface area contributed by atoms with Gasteiger partial charge >= 0.3 is 6.18 Å². The molecular formula is C16H25F3N2. The van der Waals surface area contributed by atoms with Gasteiger partial charge in [-0.1, -0.05) is 44.2 Å². The Hall–Kier alpha value is -1.07. The number of nitrogens with one attached hydrogen (secondary N) is 1. The van der Waals surface area contributed by atoms with Crippen LogP contribution in [0.4, 0.5) is 13.2 Å². The van der Waals surface area contributed by atoms with Gasteiger partial charge in [0.25, 0.3) is 0 Å². The molecule has 0 radical (unpaired) electrons. The van der Waals surface area contributed by atoms with Gasteiger partial charge in [0.2, 0.25) is 0 Å². The number of rotatable bonds is 7. The molecule has 0 heterocycles. The van der Waals surface area contributed by atoms with Gasteiger partial charge in [-0.05, 0) is 25.6 Å². The number of hydrogen-bond acceptors (Lipinski definition) is 2. The minimum Gasteiger partial charge on any atom is -0.308 e. The molecule has 1 aromatic rings. The Balaban J connectivity index is 2.79. The van der Waals surface area contributed by atoms with E-state index in [1.54, 1.807) is 24.3 Å². The molecule has 2 atom stereocenters. The first-order chi connectivity index (χ1) is 9.70. The Morgan fingerprint density at radius 2 is 1.67 bits per heavy atom. The number of alkyl halides is 3. The molecule has 1 N–H and O–H groups in total. The van der Waals surface area contributed by atoms with E-state index >= 15 is 0 Å². The Morgan fingerprint density at radius 3 is 2.10 bits per heavy atom. The quantitative estimate of drug-likeness (QED) is 0.823.